The minimum absolute atomic E-state index is 0.0231. The summed E-state index contributed by atoms with van der Waals surface area (Å²) < 4.78 is 58.2. The Bertz CT molecular complexity index is 2510. The van der Waals surface area contributed by atoms with E-state index < -0.39 is 57.8 Å². The molecule has 13 nitrogen and oxygen atoms in total. The predicted octanol–water partition coefficient (Wildman–Crippen LogP) is 7.27. The van der Waals surface area contributed by atoms with Crippen LogP contribution in [0, 0.1) is 0 Å². The fourth-order valence-corrected chi connectivity index (χ4v) is 7.11. The minimum Gasteiger partial charge on any atom is -0.506 e. The van der Waals surface area contributed by atoms with Crippen molar-refractivity contribution in [3.8, 4) is 23.0 Å². The van der Waals surface area contributed by atoms with Crippen LogP contribution in [0.4, 0.5) is 24.5 Å². The second-order valence-corrected chi connectivity index (χ2v) is 13.0. The van der Waals surface area contributed by atoms with Crippen LogP contribution in [0.15, 0.2) is 48.7 Å². The maximum atomic E-state index is 14.0. The number of hydrogen-bond acceptors (Lipinski definition) is 8. The summed E-state index contributed by atoms with van der Waals surface area (Å²) >= 11 is 6.49. The number of phenols is 1. The SMILES string of the molecule is COc1cc2cnc(C(=O)Nc3ccc4[nH]c(C(=O)N5C[C@@H](C(C)Cl)c6c5cc(O)c5[nH]c(C(F)(F)F)c(C(=O)O)c65)cc4c3)cc2c(OC)c1OC. The van der Waals surface area contributed by atoms with E-state index in [2.05, 4.69) is 15.3 Å². The number of phenolic OH excluding ortho intramolecular Hbond substituents is 1. The number of nitrogens with zero attached hydrogens (tertiary/aromatic N) is 2. The van der Waals surface area contributed by atoms with Gasteiger partial charge in [0, 0.05) is 62.9 Å². The third-order valence-corrected chi connectivity index (χ3v) is 9.58. The molecule has 3 aromatic carbocycles. The highest BCUT2D eigenvalue weighted by Gasteiger charge is 2.44. The first-order valence-corrected chi connectivity index (χ1v) is 16.3. The Labute approximate surface area is 302 Å². The lowest BCUT2D eigenvalue weighted by atomic mass is 9.92. The Hall–Kier alpha value is -6.16. The summed E-state index contributed by atoms with van der Waals surface area (Å²) in [5.41, 5.74) is -1.86. The highest BCUT2D eigenvalue weighted by molar-refractivity contribution is 6.22. The molecular weight excluding hydrogens is 723 g/mol. The fraction of sp³-hybridized carbons (Fsp3) is 0.222. The molecule has 1 aliphatic rings. The van der Waals surface area contributed by atoms with Gasteiger partial charge in [0.15, 0.2) is 11.5 Å². The molecule has 17 heteroatoms. The number of aromatic amines is 2. The first-order chi connectivity index (χ1) is 25.2. The number of aromatic carboxylic acids is 1. The van der Waals surface area contributed by atoms with Crippen LogP contribution in [0.5, 0.6) is 23.0 Å². The molecule has 4 heterocycles. The molecule has 0 spiro atoms. The molecule has 6 aromatic rings. The van der Waals surface area contributed by atoms with E-state index in [9.17, 15) is 37.8 Å². The molecule has 7 rings (SSSR count). The maximum absolute atomic E-state index is 14.0. The Morgan fingerprint density at radius 3 is 2.40 bits per heavy atom. The van der Waals surface area contributed by atoms with Gasteiger partial charge >= 0.3 is 12.1 Å². The van der Waals surface area contributed by atoms with E-state index in [0.29, 0.717) is 44.6 Å². The maximum Gasteiger partial charge on any atom is 0.432 e. The highest BCUT2D eigenvalue weighted by atomic mass is 35.5. The standard InChI is InChI=1S/C36H29ClF3N5O8/c1-14(37)19-13-45(23-11-24(46)29-27(26(19)23)28(35(49)50)32(44-29)36(38,39)40)34(48)22-8-15-7-17(5-6-20(15)43-22)42-33(47)21-10-18-16(12-41-21)9-25(51-2)31(53-4)30(18)52-3/h5-12,14,19,43-44,46H,13H2,1-4H3,(H,42,47)(H,49,50)/t14?,19-/m0/s1. The normalized spacial score (nSPS) is 14.8. The van der Waals surface area contributed by atoms with Crippen molar-refractivity contribution in [2.75, 3.05) is 38.1 Å². The van der Waals surface area contributed by atoms with Crippen LogP contribution in [0.1, 0.15) is 55.4 Å². The zero-order valence-electron chi connectivity index (χ0n) is 28.2. The van der Waals surface area contributed by atoms with Gasteiger partial charge < -0.3 is 44.6 Å². The molecule has 1 unspecified atom stereocenters. The van der Waals surface area contributed by atoms with Crippen molar-refractivity contribution in [1.29, 1.82) is 0 Å². The van der Waals surface area contributed by atoms with Gasteiger partial charge in [-0.15, -0.1) is 11.6 Å². The largest absolute Gasteiger partial charge is 0.506 e. The number of carboxylic acid groups (broad SMARTS) is 1. The minimum atomic E-state index is -5.08. The van der Waals surface area contributed by atoms with Crippen LogP contribution in [0.25, 0.3) is 32.6 Å². The Kier molecular flexibility index (Phi) is 8.52. The van der Waals surface area contributed by atoms with Gasteiger partial charge in [-0.1, -0.05) is 0 Å². The number of rotatable bonds is 8. The van der Waals surface area contributed by atoms with Crippen LogP contribution in [-0.4, -0.2) is 76.2 Å². The fourth-order valence-electron chi connectivity index (χ4n) is 6.90. The monoisotopic (exact) mass is 751 g/mol. The summed E-state index contributed by atoms with van der Waals surface area (Å²) in [4.78, 5) is 50.2. The van der Waals surface area contributed by atoms with Crippen molar-refractivity contribution >= 4 is 73.3 Å². The van der Waals surface area contributed by atoms with Crippen LogP contribution < -0.4 is 24.4 Å². The molecule has 274 valence electrons. The van der Waals surface area contributed by atoms with Gasteiger partial charge in [-0.3, -0.25) is 14.6 Å². The number of aromatic hydroxyl groups is 1. The first-order valence-electron chi connectivity index (χ1n) is 15.9. The Morgan fingerprint density at radius 1 is 1.02 bits per heavy atom. The number of pyridine rings is 1. The molecule has 0 aliphatic carbocycles. The topological polar surface area (TPSA) is 179 Å². The third-order valence-electron chi connectivity index (χ3n) is 9.28. The van der Waals surface area contributed by atoms with Gasteiger partial charge in [-0.2, -0.15) is 13.2 Å². The molecule has 0 saturated carbocycles. The summed E-state index contributed by atoms with van der Waals surface area (Å²) in [5.74, 6) is -3.33. The van der Waals surface area contributed by atoms with Crippen molar-refractivity contribution in [3.63, 3.8) is 0 Å². The molecule has 2 amide bonds. The quantitative estimate of drug-likeness (QED) is 0.100. The molecular formula is C36H29ClF3N5O8. The summed E-state index contributed by atoms with van der Waals surface area (Å²) in [6.45, 7) is 1.47. The zero-order chi connectivity index (χ0) is 38.1. The Balaban J connectivity index is 1.21. The van der Waals surface area contributed by atoms with Gasteiger partial charge in [0.1, 0.15) is 22.8 Å². The number of carbonyl (C=O) groups excluding carboxylic acids is 2. The molecule has 0 radical (unpaired) electrons. The summed E-state index contributed by atoms with van der Waals surface area (Å²) in [6, 6.07) is 10.8. The number of H-pyrrole nitrogens is 2. The van der Waals surface area contributed by atoms with E-state index in [1.165, 1.54) is 38.5 Å². The molecule has 3 aromatic heterocycles. The average Bonchev–Trinajstić information content (AvgIpc) is 3.84. The molecule has 0 bridgehead atoms. The first kappa shape index (κ1) is 35.3. The number of anilines is 2. The predicted molar refractivity (Wildman–Crippen MR) is 189 cm³/mol. The number of hydrogen-bond donors (Lipinski definition) is 5. The second kappa shape index (κ2) is 12.8. The molecule has 5 N–H and O–H groups in total. The summed E-state index contributed by atoms with van der Waals surface area (Å²) in [5, 5.41) is 24.1. The van der Waals surface area contributed by atoms with Crippen LogP contribution in [0.2, 0.25) is 0 Å². The van der Waals surface area contributed by atoms with Crippen LogP contribution >= 0.6 is 11.6 Å². The number of alkyl halides is 4. The van der Waals surface area contributed by atoms with Gasteiger partial charge in [0.2, 0.25) is 5.75 Å². The number of ether oxygens (including phenoxy) is 3. The lowest BCUT2D eigenvalue weighted by Gasteiger charge is -2.18. The Morgan fingerprint density at radius 2 is 1.75 bits per heavy atom. The molecule has 0 saturated heterocycles. The van der Waals surface area contributed by atoms with Crippen LogP contribution in [-0.2, 0) is 6.18 Å². The van der Waals surface area contributed by atoms with Gasteiger partial charge in [-0.05, 0) is 48.9 Å². The number of aromatic nitrogens is 3. The van der Waals surface area contributed by atoms with Crippen molar-refractivity contribution < 1.29 is 52.0 Å². The number of fused-ring (bicyclic) bond motifs is 5. The average molecular weight is 752 g/mol. The number of benzene rings is 3. The zero-order valence-corrected chi connectivity index (χ0v) is 29.0. The number of methoxy groups -OCH3 is 3. The third kappa shape index (κ3) is 5.74. The van der Waals surface area contributed by atoms with E-state index in [0.717, 1.165) is 6.07 Å². The van der Waals surface area contributed by atoms with Gasteiger partial charge in [0.05, 0.1) is 38.1 Å². The lowest BCUT2D eigenvalue weighted by molar-refractivity contribution is -0.141. The summed E-state index contributed by atoms with van der Waals surface area (Å²) in [7, 11) is 4.43. The second-order valence-electron chi connectivity index (χ2n) is 12.3. The van der Waals surface area contributed by atoms with Crippen molar-refractivity contribution in [3.05, 3.63) is 76.9 Å². The van der Waals surface area contributed by atoms with Gasteiger partial charge in [0.25, 0.3) is 11.8 Å². The lowest BCUT2D eigenvalue weighted by Crippen LogP contribution is -2.31. The number of halogens is 4. The van der Waals surface area contributed by atoms with Crippen molar-refractivity contribution in [2.24, 2.45) is 0 Å². The summed E-state index contributed by atoms with van der Waals surface area (Å²) in [6.07, 6.45) is -3.57. The van der Waals surface area contributed by atoms with Crippen molar-refractivity contribution in [2.45, 2.75) is 24.4 Å². The molecule has 0 fully saturated rings. The number of amides is 2. The van der Waals surface area contributed by atoms with E-state index in [-0.39, 0.29) is 34.6 Å². The molecule has 1 aliphatic heterocycles. The van der Waals surface area contributed by atoms with Crippen LogP contribution in [0.3, 0.4) is 0 Å². The van der Waals surface area contributed by atoms with E-state index in [4.69, 9.17) is 25.8 Å². The molecule has 53 heavy (non-hydrogen) atoms. The number of nitrogens with one attached hydrogen (secondary N) is 3. The smallest absolute Gasteiger partial charge is 0.432 e. The van der Waals surface area contributed by atoms with Gasteiger partial charge in [-0.25, -0.2) is 4.79 Å². The number of carboxylic acids is 1. The van der Waals surface area contributed by atoms with E-state index >= 15 is 0 Å². The molecule has 2 atom stereocenters. The van der Waals surface area contributed by atoms with E-state index in [1.54, 1.807) is 37.3 Å². The number of carbonyl (C=O) groups is 3. The van der Waals surface area contributed by atoms with Crippen molar-refractivity contribution in [1.82, 2.24) is 15.0 Å². The highest BCUT2D eigenvalue weighted by Crippen LogP contribution is 2.50. The van der Waals surface area contributed by atoms with E-state index in [1.807, 2.05) is 4.98 Å².